The zero-order chi connectivity index (χ0) is 15.8. The van der Waals surface area contributed by atoms with Crippen molar-refractivity contribution in [3.63, 3.8) is 0 Å². The second-order valence-electron chi connectivity index (χ2n) is 5.28. The maximum atomic E-state index is 11.3. The molecule has 0 aliphatic rings. The van der Waals surface area contributed by atoms with Crippen LogP contribution in [-0.4, -0.2) is 36.0 Å². The molecule has 0 bridgehead atoms. The molecule has 4 nitrogen and oxygen atoms in total. The first-order valence-electron chi connectivity index (χ1n) is 8.14. The highest BCUT2D eigenvalue weighted by Crippen LogP contribution is 2.15. The van der Waals surface area contributed by atoms with E-state index in [9.17, 15) is 4.79 Å². The van der Waals surface area contributed by atoms with Gasteiger partial charge in [0.1, 0.15) is 23.4 Å². The lowest BCUT2D eigenvalue weighted by Gasteiger charge is -2.17. The van der Waals surface area contributed by atoms with Gasteiger partial charge in [0.05, 0.1) is 0 Å². The van der Waals surface area contributed by atoms with Gasteiger partial charge in [-0.15, -0.1) is 0 Å². The van der Waals surface area contributed by atoms with E-state index in [1.807, 2.05) is 0 Å². The van der Waals surface area contributed by atoms with Crippen molar-refractivity contribution in [2.45, 2.75) is 70.8 Å². The summed E-state index contributed by atoms with van der Waals surface area (Å²) in [6.45, 7) is 6.84. The molecule has 0 radical (unpaired) electrons. The zero-order valence-electron chi connectivity index (χ0n) is 13.8. The minimum Gasteiger partial charge on any atom is -0.459 e. The molecule has 0 aromatic carbocycles. The van der Waals surface area contributed by atoms with Gasteiger partial charge < -0.3 is 13.9 Å². The van der Waals surface area contributed by atoms with Crippen LogP contribution in [0.3, 0.4) is 0 Å². The highest BCUT2D eigenvalue weighted by atomic mass is 28.2. The Morgan fingerprint density at radius 1 is 1.14 bits per heavy atom. The third-order valence-corrected chi connectivity index (χ3v) is 3.58. The lowest BCUT2D eigenvalue weighted by molar-refractivity contribution is -0.143. The Hall–Kier alpha value is -0.653. The number of ether oxygens (including phenoxy) is 2. The molecule has 0 saturated heterocycles. The standard InChI is InChI=1S/C16H32O4Si/c1-3-5-8-11-15(20-16(17)4-2)12-9-6-7-10-13-18-14-19-21/h4,15H,2-3,5-14H2,1,21H3. The van der Waals surface area contributed by atoms with E-state index in [-0.39, 0.29) is 12.1 Å². The van der Waals surface area contributed by atoms with E-state index in [2.05, 4.69) is 13.5 Å². The first-order chi connectivity index (χ1) is 10.2. The summed E-state index contributed by atoms with van der Waals surface area (Å²) in [4.78, 5) is 11.3. The molecule has 0 aliphatic heterocycles. The summed E-state index contributed by atoms with van der Waals surface area (Å²) in [6, 6.07) is 0. The van der Waals surface area contributed by atoms with Crippen LogP contribution in [0, 0.1) is 0 Å². The molecule has 1 unspecified atom stereocenters. The number of hydrogen-bond acceptors (Lipinski definition) is 4. The molecule has 21 heavy (non-hydrogen) atoms. The second-order valence-corrected chi connectivity index (χ2v) is 5.85. The van der Waals surface area contributed by atoms with Gasteiger partial charge in [-0.2, -0.15) is 0 Å². The zero-order valence-corrected chi connectivity index (χ0v) is 15.8. The summed E-state index contributed by atoms with van der Waals surface area (Å²) >= 11 is 0. The van der Waals surface area contributed by atoms with Gasteiger partial charge in [-0.1, -0.05) is 39.2 Å². The van der Waals surface area contributed by atoms with E-state index in [0.717, 1.165) is 62.0 Å². The van der Waals surface area contributed by atoms with Crippen molar-refractivity contribution < 1.29 is 18.7 Å². The second kappa shape index (κ2) is 15.7. The third-order valence-electron chi connectivity index (χ3n) is 3.35. The highest BCUT2D eigenvalue weighted by Gasteiger charge is 2.11. The topological polar surface area (TPSA) is 44.8 Å². The Morgan fingerprint density at radius 2 is 1.81 bits per heavy atom. The first kappa shape index (κ1) is 20.3. The van der Waals surface area contributed by atoms with Gasteiger partial charge in [0.15, 0.2) is 0 Å². The predicted molar refractivity (Wildman–Crippen MR) is 89.1 cm³/mol. The van der Waals surface area contributed by atoms with Crippen LogP contribution in [0.15, 0.2) is 12.7 Å². The van der Waals surface area contributed by atoms with Gasteiger partial charge in [-0.3, -0.25) is 0 Å². The van der Waals surface area contributed by atoms with E-state index in [0.29, 0.717) is 6.79 Å². The maximum Gasteiger partial charge on any atom is 0.330 e. The molecule has 0 aromatic heterocycles. The Bertz CT molecular complexity index is 259. The average molecular weight is 317 g/mol. The van der Waals surface area contributed by atoms with Crippen molar-refractivity contribution in [3.8, 4) is 0 Å². The molecule has 0 aliphatic carbocycles. The van der Waals surface area contributed by atoms with Crippen LogP contribution in [-0.2, 0) is 18.7 Å². The molecular weight excluding hydrogens is 284 g/mol. The molecule has 0 N–H and O–H groups in total. The SMILES string of the molecule is C=CC(=O)OC(CCCCC)CCCCCCOCO[SiH3]. The largest absolute Gasteiger partial charge is 0.459 e. The molecule has 0 fully saturated rings. The number of hydrogen-bond donors (Lipinski definition) is 0. The smallest absolute Gasteiger partial charge is 0.330 e. The fourth-order valence-electron chi connectivity index (χ4n) is 2.17. The first-order valence-corrected chi connectivity index (χ1v) is 8.96. The molecule has 0 spiro atoms. The number of carbonyl (C=O) groups excluding carboxylic acids is 1. The van der Waals surface area contributed by atoms with Crippen molar-refractivity contribution >= 4 is 16.5 Å². The molecule has 0 amide bonds. The minimum absolute atomic E-state index is 0.0525. The summed E-state index contributed by atoms with van der Waals surface area (Å²) < 4.78 is 15.6. The van der Waals surface area contributed by atoms with Crippen molar-refractivity contribution in [1.82, 2.24) is 0 Å². The molecule has 0 rings (SSSR count). The van der Waals surface area contributed by atoms with E-state index >= 15 is 0 Å². The van der Waals surface area contributed by atoms with Crippen LogP contribution < -0.4 is 0 Å². The van der Waals surface area contributed by atoms with Crippen LogP contribution in [0.5, 0.6) is 0 Å². The Labute approximate surface area is 132 Å². The van der Waals surface area contributed by atoms with E-state index in [1.165, 1.54) is 18.9 Å². The number of unbranched alkanes of at least 4 members (excludes halogenated alkanes) is 5. The van der Waals surface area contributed by atoms with Gasteiger partial charge in [-0.05, 0) is 32.1 Å². The van der Waals surface area contributed by atoms with Crippen LogP contribution >= 0.6 is 0 Å². The Kier molecular flexibility index (Phi) is 15.2. The average Bonchev–Trinajstić information content (AvgIpc) is 2.49. The monoisotopic (exact) mass is 316 g/mol. The van der Waals surface area contributed by atoms with Crippen molar-refractivity contribution in [3.05, 3.63) is 12.7 Å². The number of carbonyl (C=O) groups is 1. The maximum absolute atomic E-state index is 11.3. The number of rotatable bonds is 15. The molecular formula is C16H32O4Si. The lowest BCUT2D eigenvalue weighted by atomic mass is 10.0. The van der Waals surface area contributed by atoms with Crippen LogP contribution in [0.25, 0.3) is 0 Å². The molecule has 1 atom stereocenters. The van der Waals surface area contributed by atoms with Gasteiger partial charge in [0.25, 0.3) is 0 Å². The van der Waals surface area contributed by atoms with E-state index in [1.54, 1.807) is 0 Å². The van der Waals surface area contributed by atoms with E-state index < -0.39 is 0 Å². The normalized spacial score (nSPS) is 12.2. The fourth-order valence-corrected chi connectivity index (χ4v) is 2.34. The summed E-state index contributed by atoms with van der Waals surface area (Å²) in [7, 11) is 0.733. The van der Waals surface area contributed by atoms with Crippen molar-refractivity contribution in [1.29, 1.82) is 0 Å². The minimum atomic E-state index is -0.298. The predicted octanol–water partition coefficient (Wildman–Crippen LogP) is 2.89. The van der Waals surface area contributed by atoms with E-state index in [4.69, 9.17) is 13.9 Å². The summed E-state index contributed by atoms with van der Waals surface area (Å²) in [5, 5.41) is 0. The molecule has 0 aromatic rings. The summed E-state index contributed by atoms with van der Waals surface area (Å²) in [6.07, 6.45) is 11.2. The van der Waals surface area contributed by atoms with Crippen molar-refractivity contribution in [2.75, 3.05) is 13.4 Å². The van der Waals surface area contributed by atoms with Gasteiger partial charge in [-0.25, -0.2) is 4.79 Å². The summed E-state index contributed by atoms with van der Waals surface area (Å²) in [5.41, 5.74) is 0. The van der Waals surface area contributed by atoms with Gasteiger partial charge >= 0.3 is 5.97 Å². The quantitative estimate of drug-likeness (QED) is 0.153. The highest BCUT2D eigenvalue weighted by molar-refractivity contribution is 5.97. The van der Waals surface area contributed by atoms with Crippen molar-refractivity contribution in [2.24, 2.45) is 0 Å². The fraction of sp³-hybridized carbons (Fsp3) is 0.812. The van der Waals surface area contributed by atoms with Crippen LogP contribution in [0.2, 0.25) is 0 Å². The Morgan fingerprint density at radius 3 is 2.43 bits per heavy atom. The third kappa shape index (κ3) is 14.1. The molecule has 0 heterocycles. The lowest BCUT2D eigenvalue weighted by Crippen LogP contribution is -2.16. The molecule has 124 valence electrons. The number of esters is 1. The Balaban J connectivity index is 3.68. The van der Waals surface area contributed by atoms with Gasteiger partial charge in [0, 0.05) is 12.7 Å². The summed E-state index contributed by atoms with van der Waals surface area (Å²) in [5.74, 6) is -0.298. The van der Waals surface area contributed by atoms with Gasteiger partial charge in [0.2, 0.25) is 0 Å². The molecule has 0 saturated carbocycles. The molecule has 5 heteroatoms. The van der Waals surface area contributed by atoms with Crippen LogP contribution in [0.1, 0.15) is 64.7 Å². The van der Waals surface area contributed by atoms with Crippen LogP contribution in [0.4, 0.5) is 0 Å².